The molecule has 0 aliphatic carbocycles. The summed E-state index contributed by atoms with van der Waals surface area (Å²) in [6, 6.07) is 15.9. The predicted molar refractivity (Wildman–Crippen MR) is 160 cm³/mol. The van der Waals surface area contributed by atoms with E-state index in [0.717, 1.165) is 27.4 Å². The number of benzene rings is 2. The maximum atomic E-state index is 13.4. The van der Waals surface area contributed by atoms with Crippen LogP contribution in [-0.2, 0) is 33.5 Å². The fraction of sp³-hybridized carbons (Fsp3) is 0.214. The Morgan fingerprint density at radius 3 is 2.39 bits per heavy atom. The number of hydrogen-bond acceptors (Lipinski definition) is 11. The van der Waals surface area contributed by atoms with Gasteiger partial charge in [0.05, 0.1) is 10.7 Å². The number of hydroxylamine groups is 1. The lowest BCUT2D eigenvalue weighted by Crippen LogP contribution is -2.71. The number of halogens is 1. The van der Waals surface area contributed by atoms with E-state index in [-0.39, 0.29) is 27.3 Å². The molecule has 0 spiro atoms. The molecule has 228 valence electrons. The number of anilines is 1. The van der Waals surface area contributed by atoms with Gasteiger partial charge in [-0.25, -0.2) is 14.6 Å². The Morgan fingerprint density at radius 1 is 1.11 bits per heavy atom. The molecule has 3 heterocycles. The second-order valence-electron chi connectivity index (χ2n) is 9.33. The van der Waals surface area contributed by atoms with Gasteiger partial charge in [-0.3, -0.25) is 24.1 Å². The van der Waals surface area contributed by atoms with E-state index in [1.54, 1.807) is 0 Å². The summed E-state index contributed by atoms with van der Waals surface area (Å²) in [5, 5.41) is 15.5. The van der Waals surface area contributed by atoms with E-state index in [1.165, 1.54) is 17.1 Å². The number of carboxylic acids is 1. The number of ether oxygens (including phenoxy) is 1. The number of nitrogens with zero attached hydrogens (tertiary/aromatic N) is 2. The Bertz CT molecular complexity index is 1550. The number of hydrogen-bond donors (Lipinski definition) is 4. The number of β-lactam (4-membered cyclic amide) rings is 1. The van der Waals surface area contributed by atoms with Crippen molar-refractivity contribution in [3.63, 3.8) is 0 Å². The first-order valence-electron chi connectivity index (χ1n) is 13.0. The smallest absolute Gasteiger partial charge is 0.353 e. The number of aliphatic carboxylic acids is 1. The molecular formula is C28H24ClN5O8S2. The summed E-state index contributed by atoms with van der Waals surface area (Å²) in [7, 11) is 0. The van der Waals surface area contributed by atoms with Crippen LogP contribution in [0.2, 0.25) is 0 Å². The number of aromatic nitrogens is 1. The minimum atomic E-state index is -1.35. The summed E-state index contributed by atoms with van der Waals surface area (Å²) in [6.07, 6.45) is -0.282. The third-order valence-corrected chi connectivity index (χ3v) is 9.07. The molecule has 3 amide bonds. The zero-order valence-electron chi connectivity index (χ0n) is 22.5. The van der Waals surface area contributed by atoms with Crippen molar-refractivity contribution >= 4 is 70.0 Å². The molecule has 1 aromatic heterocycles. The average Bonchev–Trinajstić information content (AvgIpc) is 3.49. The molecule has 2 aromatic carbocycles. The first kappa shape index (κ1) is 31.2. The molecule has 2 aliphatic rings. The van der Waals surface area contributed by atoms with Gasteiger partial charge in [-0.15, -0.1) is 23.1 Å². The van der Waals surface area contributed by atoms with E-state index >= 15 is 0 Å². The quantitative estimate of drug-likeness (QED) is 0.0920. The van der Waals surface area contributed by atoms with Crippen LogP contribution in [0.25, 0.3) is 0 Å². The molecule has 0 radical (unpaired) electrons. The van der Waals surface area contributed by atoms with Gasteiger partial charge >= 0.3 is 11.9 Å². The minimum Gasteiger partial charge on any atom is -0.477 e. The number of fused-ring (bicyclic) bond motifs is 1. The van der Waals surface area contributed by atoms with Gasteiger partial charge in [-0.05, 0) is 11.1 Å². The predicted octanol–water partition coefficient (Wildman–Crippen LogP) is 2.54. The number of esters is 1. The highest BCUT2D eigenvalue weighted by molar-refractivity contribution is 8.00. The van der Waals surface area contributed by atoms with E-state index in [9.17, 15) is 29.1 Å². The third kappa shape index (κ3) is 6.76. The maximum absolute atomic E-state index is 13.4. The molecule has 0 bridgehead atoms. The Balaban J connectivity index is 1.26. The monoisotopic (exact) mass is 657 g/mol. The lowest BCUT2D eigenvalue weighted by Gasteiger charge is -2.49. The van der Waals surface area contributed by atoms with E-state index in [0.29, 0.717) is 6.41 Å². The van der Waals surface area contributed by atoms with E-state index in [4.69, 9.17) is 21.2 Å². The second kappa shape index (κ2) is 14.0. The number of thiazole rings is 1. The van der Waals surface area contributed by atoms with Crippen molar-refractivity contribution in [1.82, 2.24) is 20.7 Å². The number of carboxylic acid groups (broad SMARTS) is 1. The van der Waals surface area contributed by atoms with Crippen LogP contribution < -0.4 is 16.1 Å². The van der Waals surface area contributed by atoms with Gasteiger partial charge in [0.15, 0.2) is 23.9 Å². The van der Waals surface area contributed by atoms with Crippen LogP contribution in [0.3, 0.4) is 0 Å². The van der Waals surface area contributed by atoms with Gasteiger partial charge in [0.1, 0.15) is 17.1 Å². The molecule has 3 aromatic rings. The first-order valence-corrected chi connectivity index (χ1v) is 15.3. The van der Waals surface area contributed by atoms with E-state index in [1.807, 2.05) is 60.7 Å². The number of rotatable bonds is 13. The highest BCUT2D eigenvalue weighted by Crippen LogP contribution is 2.41. The first-order chi connectivity index (χ1) is 21.3. The lowest BCUT2D eigenvalue weighted by atomic mass is 10.0. The number of amides is 3. The van der Waals surface area contributed by atoms with Crippen LogP contribution >= 0.6 is 34.7 Å². The molecule has 2 unspecified atom stereocenters. The van der Waals surface area contributed by atoms with E-state index < -0.39 is 53.9 Å². The number of carbonyl (C=O) groups is 5. The summed E-state index contributed by atoms with van der Waals surface area (Å²) in [5.41, 5.74) is 3.81. The van der Waals surface area contributed by atoms with Crippen molar-refractivity contribution in [3.8, 4) is 0 Å². The van der Waals surface area contributed by atoms with Crippen LogP contribution in [-0.4, -0.2) is 68.9 Å². The average molecular weight is 658 g/mol. The standard InChI is InChI=1S/C28H24ClN5O8S2/c29-17-12-43-26-21(25(38)34(26)22(17)27(39)40)32-24(37)20(18-13-44-28(31-18)30-14-35)33-41-11-19(36)42-23(15-7-3-1-4-8-15)16-9-5-2-6-10-16/h1-10,13-14,20-21,23,26,33H,11-12H2,(H,32,37)(H,39,40)(H,30,31,35)/t20?,21?,26-/m1/s1. The van der Waals surface area contributed by atoms with Crippen molar-refractivity contribution < 1.29 is 38.7 Å². The normalized spacial score (nSPS) is 18.2. The van der Waals surface area contributed by atoms with Crippen LogP contribution in [0.5, 0.6) is 0 Å². The Morgan fingerprint density at radius 2 is 1.77 bits per heavy atom. The van der Waals surface area contributed by atoms with E-state index in [2.05, 4.69) is 21.1 Å². The van der Waals surface area contributed by atoms with Gasteiger partial charge in [0.2, 0.25) is 12.3 Å². The van der Waals surface area contributed by atoms with Crippen LogP contribution in [0.4, 0.5) is 5.13 Å². The summed E-state index contributed by atoms with van der Waals surface area (Å²) in [6.45, 7) is -0.594. The fourth-order valence-electron chi connectivity index (χ4n) is 4.54. The Hall–Kier alpha value is -4.28. The van der Waals surface area contributed by atoms with Gasteiger partial charge in [-0.2, -0.15) is 5.48 Å². The van der Waals surface area contributed by atoms with Gasteiger partial charge in [0.25, 0.3) is 5.91 Å². The molecule has 44 heavy (non-hydrogen) atoms. The molecule has 0 saturated carbocycles. The number of carbonyl (C=O) groups excluding carboxylic acids is 4. The van der Waals surface area contributed by atoms with Gasteiger partial charge in [-0.1, -0.05) is 72.3 Å². The van der Waals surface area contributed by atoms with Crippen molar-refractivity contribution in [2.45, 2.75) is 23.6 Å². The summed E-state index contributed by atoms with van der Waals surface area (Å²) in [5.74, 6) is -3.33. The van der Waals surface area contributed by atoms with Crippen molar-refractivity contribution in [3.05, 3.63) is 93.6 Å². The zero-order chi connectivity index (χ0) is 31.2. The summed E-state index contributed by atoms with van der Waals surface area (Å²) < 4.78 is 5.73. The van der Waals surface area contributed by atoms with Crippen LogP contribution in [0.15, 0.2) is 76.8 Å². The highest BCUT2D eigenvalue weighted by atomic mass is 35.5. The molecule has 2 aliphatic heterocycles. The molecule has 1 saturated heterocycles. The van der Waals surface area contributed by atoms with Crippen molar-refractivity contribution in [2.24, 2.45) is 0 Å². The molecule has 16 heteroatoms. The van der Waals surface area contributed by atoms with Crippen LogP contribution in [0.1, 0.15) is 29.0 Å². The van der Waals surface area contributed by atoms with Crippen molar-refractivity contribution in [1.29, 1.82) is 0 Å². The number of thioether (sulfide) groups is 1. The summed E-state index contributed by atoms with van der Waals surface area (Å²) >= 11 is 8.27. The second-order valence-corrected chi connectivity index (χ2v) is 11.7. The molecule has 1 fully saturated rings. The SMILES string of the molecule is O=CNc1nc(C(NOCC(=O)OC(c2ccccc2)c2ccccc2)C(=O)NC2C(=O)N3C(C(=O)O)=C(Cl)CS[C@H]23)cs1. The fourth-order valence-corrected chi connectivity index (χ4v) is 6.78. The minimum absolute atomic E-state index is 0.0242. The molecular weight excluding hydrogens is 634 g/mol. The van der Waals surface area contributed by atoms with Gasteiger partial charge in [0, 0.05) is 11.1 Å². The molecule has 5 rings (SSSR count). The molecule has 3 atom stereocenters. The van der Waals surface area contributed by atoms with Crippen molar-refractivity contribution in [2.75, 3.05) is 17.7 Å². The third-order valence-electron chi connectivity index (χ3n) is 6.53. The zero-order valence-corrected chi connectivity index (χ0v) is 24.9. The summed E-state index contributed by atoms with van der Waals surface area (Å²) in [4.78, 5) is 72.2. The highest BCUT2D eigenvalue weighted by Gasteiger charge is 2.54. The Kier molecular flexibility index (Phi) is 9.92. The molecule has 13 nitrogen and oxygen atoms in total. The largest absolute Gasteiger partial charge is 0.477 e. The maximum Gasteiger partial charge on any atom is 0.353 e. The topological polar surface area (TPSA) is 176 Å². The molecule has 4 N–H and O–H groups in total. The van der Waals surface area contributed by atoms with Gasteiger partial charge < -0.3 is 20.5 Å². The Labute approximate surface area is 263 Å². The lowest BCUT2D eigenvalue weighted by molar-refractivity contribution is -0.158. The van der Waals surface area contributed by atoms with Crippen LogP contribution in [0, 0.1) is 0 Å². The number of nitrogens with one attached hydrogen (secondary N) is 3.